The van der Waals surface area contributed by atoms with Crippen molar-refractivity contribution in [1.82, 2.24) is 9.62 Å². The number of hydrogen-bond donors (Lipinski definition) is 1. The lowest BCUT2D eigenvalue weighted by molar-refractivity contribution is 0.263. The predicted molar refractivity (Wildman–Crippen MR) is 74.4 cm³/mol. The van der Waals surface area contributed by atoms with Gasteiger partial charge < -0.3 is 5.32 Å². The Morgan fingerprint density at radius 3 is 2.20 bits per heavy atom. The number of rotatable bonds is 2. The molecule has 1 aliphatic heterocycles. The van der Waals surface area contributed by atoms with Crippen molar-refractivity contribution in [2.24, 2.45) is 0 Å². The van der Waals surface area contributed by atoms with Gasteiger partial charge in [0.25, 0.3) is 0 Å². The van der Waals surface area contributed by atoms with Gasteiger partial charge in [0.15, 0.2) is 11.6 Å². The van der Waals surface area contributed by atoms with Crippen LogP contribution in [0.15, 0.2) is 23.1 Å². The van der Waals surface area contributed by atoms with E-state index in [1.165, 1.54) is 4.31 Å². The minimum atomic E-state index is -3.78. The molecule has 8 heteroatoms. The van der Waals surface area contributed by atoms with Crippen LogP contribution in [0.25, 0.3) is 0 Å². The first-order valence-electron chi connectivity index (χ1n) is 6.02. The second kappa shape index (κ2) is 6.34. The van der Waals surface area contributed by atoms with Crippen LogP contribution in [0, 0.1) is 11.6 Å². The third-order valence-electron chi connectivity index (χ3n) is 3.05. The first-order valence-corrected chi connectivity index (χ1v) is 7.46. The lowest BCUT2D eigenvalue weighted by Crippen LogP contribution is -2.55. The molecule has 1 aromatic carbocycles. The summed E-state index contributed by atoms with van der Waals surface area (Å²) in [7, 11) is -3.78. The number of nitrogens with one attached hydrogen (secondary N) is 1. The molecule has 1 heterocycles. The van der Waals surface area contributed by atoms with Gasteiger partial charge in [0.05, 0.1) is 4.90 Å². The minimum absolute atomic E-state index is 0. The molecule has 114 valence electrons. The molecule has 0 aliphatic carbocycles. The zero-order chi connectivity index (χ0) is 14.2. The number of halogens is 3. The Balaban J connectivity index is 0.00000200. The number of sulfonamides is 1. The van der Waals surface area contributed by atoms with Gasteiger partial charge in [0.1, 0.15) is 0 Å². The highest BCUT2D eigenvalue weighted by Crippen LogP contribution is 2.20. The maximum Gasteiger partial charge on any atom is 0.243 e. The lowest BCUT2D eigenvalue weighted by Gasteiger charge is -2.35. The minimum Gasteiger partial charge on any atom is -0.309 e. The SMILES string of the molecule is CC1CN(S(=O)(=O)c2ccc(F)c(F)c2)CC(C)N1.Cl. The van der Waals surface area contributed by atoms with E-state index in [-0.39, 0.29) is 29.4 Å². The zero-order valence-corrected chi connectivity index (χ0v) is 12.8. The van der Waals surface area contributed by atoms with Gasteiger partial charge in [-0.15, -0.1) is 12.4 Å². The van der Waals surface area contributed by atoms with Gasteiger partial charge in [-0.05, 0) is 32.0 Å². The van der Waals surface area contributed by atoms with E-state index < -0.39 is 21.7 Å². The van der Waals surface area contributed by atoms with Crippen LogP contribution in [-0.4, -0.2) is 37.9 Å². The molecule has 0 radical (unpaired) electrons. The second-order valence-electron chi connectivity index (χ2n) is 4.87. The maximum atomic E-state index is 13.2. The Morgan fingerprint density at radius 1 is 1.15 bits per heavy atom. The van der Waals surface area contributed by atoms with Crippen molar-refractivity contribution >= 4 is 22.4 Å². The molecule has 0 aromatic heterocycles. The highest BCUT2D eigenvalue weighted by Gasteiger charge is 2.31. The maximum absolute atomic E-state index is 13.2. The lowest BCUT2D eigenvalue weighted by atomic mass is 10.2. The van der Waals surface area contributed by atoms with Crippen LogP contribution in [0.5, 0.6) is 0 Å². The van der Waals surface area contributed by atoms with Gasteiger partial charge in [0.2, 0.25) is 10.0 Å². The van der Waals surface area contributed by atoms with Crippen LogP contribution in [-0.2, 0) is 10.0 Å². The molecule has 0 amide bonds. The smallest absolute Gasteiger partial charge is 0.243 e. The molecule has 0 saturated carbocycles. The van der Waals surface area contributed by atoms with E-state index in [0.717, 1.165) is 18.2 Å². The standard InChI is InChI=1S/C12H16F2N2O2S.ClH/c1-8-6-16(7-9(2)15-8)19(17,18)10-3-4-11(13)12(14)5-10;/h3-5,8-9,15H,6-7H2,1-2H3;1H. The molecule has 4 nitrogen and oxygen atoms in total. The fourth-order valence-electron chi connectivity index (χ4n) is 2.26. The van der Waals surface area contributed by atoms with Crippen LogP contribution < -0.4 is 5.32 Å². The first kappa shape index (κ1) is 17.3. The molecular formula is C12H17ClF2N2O2S. The average molecular weight is 327 g/mol. The summed E-state index contributed by atoms with van der Waals surface area (Å²) in [5.74, 6) is -2.21. The van der Waals surface area contributed by atoms with E-state index >= 15 is 0 Å². The molecule has 2 rings (SSSR count). The van der Waals surface area contributed by atoms with Gasteiger partial charge in [-0.2, -0.15) is 4.31 Å². The van der Waals surface area contributed by atoms with Crippen molar-refractivity contribution < 1.29 is 17.2 Å². The third kappa shape index (κ3) is 3.46. The topological polar surface area (TPSA) is 49.4 Å². The van der Waals surface area contributed by atoms with Gasteiger partial charge in [0, 0.05) is 25.2 Å². The van der Waals surface area contributed by atoms with Crippen LogP contribution in [0.3, 0.4) is 0 Å². The van der Waals surface area contributed by atoms with E-state index in [2.05, 4.69) is 5.32 Å². The fourth-order valence-corrected chi connectivity index (χ4v) is 3.89. The van der Waals surface area contributed by atoms with Crippen molar-refractivity contribution in [3.63, 3.8) is 0 Å². The second-order valence-corrected chi connectivity index (χ2v) is 6.80. The van der Waals surface area contributed by atoms with E-state index in [1.54, 1.807) is 0 Å². The molecule has 2 unspecified atom stereocenters. The first-order chi connectivity index (χ1) is 8.80. The molecule has 1 aliphatic rings. The predicted octanol–water partition coefficient (Wildman–Crippen LogP) is 1.76. The summed E-state index contributed by atoms with van der Waals surface area (Å²) in [6, 6.07) is 2.68. The summed E-state index contributed by atoms with van der Waals surface area (Å²) in [4.78, 5) is -0.215. The van der Waals surface area contributed by atoms with Crippen molar-refractivity contribution in [1.29, 1.82) is 0 Å². The van der Waals surface area contributed by atoms with E-state index in [1.807, 2.05) is 13.8 Å². The van der Waals surface area contributed by atoms with Crippen molar-refractivity contribution in [2.45, 2.75) is 30.8 Å². The number of benzene rings is 1. The Morgan fingerprint density at radius 2 is 1.70 bits per heavy atom. The monoisotopic (exact) mass is 326 g/mol. The van der Waals surface area contributed by atoms with Crippen molar-refractivity contribution in [3.05, 3.63) is 29.8 Å². The highest BCUT2D eigenvalue weighted by molar-refractivity contribution is 7.89. The van der Waals surface area contributed by atoms with Crippen LogP contribution in [0.2, 0.25) is 0 Å². The number of piperazine rings is 1. The van der Waals surface area contributed by atoms with Gasteiger partial charge in [-0.3, -0.25) is 0 Å². The van der Waals surface area contributed by atoms with Gasteiger partial charge in [-0.25, -0.2) is 17.2 Å². The quantitative estimate of drug-likeness (QED) is 0.901. The average Bonchev–Trinajstić information content (AvgIpc) is 2.31. The summed E-state index contributed by atoms with van der Waals surface area (Å²) in [5, 5.41) is 3.21. The normalized spacial score (nSPS) is 24.2. The van der Waals surface area contributed by atoms with E-state index in [0.29, 0.717) is 13.1 Å². The number of hydrogen-bond acceptors (Lipinski definition) is 3. The highest BCUT2D eigenvalue weighted by atomic mass is 35.5. The van der Waals surface area contributed by atoms with Crippen LogP contribution in [0.4, 0.5) is 8.78 Å². The molecular weight excluding hydrogens is 310 g/mol. The third-order valence-corrected chi connectivity index (χ3v) is 4.88. The zero-order valence-electron chi connectivity index (χ0n) is 11.1. The van der Waals surface area contributed by atoms with E-state index in [9.17, 15) is 17.2 Å². The summed E-state index contributed by atoms with van der Waals surface area (Å²) in [6.45, 7) is 4.38. The Kier molecular flexibility index (Phi) is 5.48. The van der Waals surface area contributed by atoms with Crippen molar-refractivity contribution in [2.75, 3.05) is 13.1 Å². The molecule has 1 saturated heterocycles. The summed E-state index contributed by atoms with van der Waals surface area (Å²) in [6.07, 6.45) is 0. The molecule has 0 bridgehead atoms. The van der Waals surface area contributed by atoms with Crippen LogP contribution >= 0.6 is 12.4 Å². The number of nitrogens with zero attached hydrogens (tertiary/aromatic N) is 1. The summed E-state index contributed by atoms with van der Waals surface area (Å²) >= 11 is 0. The fraction of sp³-hybridized carbons (Fsp3) is 0.500. The van der Waals surface area contributed by atoms with Gasteiger partial charge >= 0.3 is 0 Å². The van der Waals surface area contributed by atoms with Crippen molar-refractivity contribution in [3.8, 4) is 0 Å². The van der Waals surface area contributed by atoms with E-state index in [4.69, 9.17) is 0 Å². The summed E-state index contributed by atoms with van der Waals surface area (Å²) in [5.41, 5.74) is 0. The Labute approximate surface area is 123 Å². The molecule has 2 atom stereocenters. The molecule has 1 fully saturated rings. The molecule has 0 spiro atoms. The van der Waals surface area contributed by atoms with Crippen LogP contribution in [0.1, 0.15) is 13.8 Å². The molecule has 20 heavy (non-hydrogen) atoms. The Hall–Kier alpha value is -0.760. The van der Waals surface area contributed by atoms with Gasteiger partial charge in [-0.1, -0.05) is 0 Å². The summed E-state index contributed by atoms with van der Waals surface area (Å²) < 4.78 is 52.0. The largest absolute Gasteiger partial charge is 0.309 e. The molecule has 1 aromatic rings. The Bertz CT molecular complexity index is 573. The molecule has 1 N–H and O–H groups in total.